The fourth-order valence-electron chi connectivity index (χ4n) is 5.25. The molecule has 0 aliphatic heterocycles. The summed E-state index contributed by atoms with van der Waals surface area (Å²) in [7, 11) is 1.44. The van der Waals surface area contributed by atoms with Gasteiger partial charge in [0.2, 0.25) is 5.95 Å². The highest BCUT2D eigenvalue weighted by molar-refractivity contribution is 7.90. The van der Waals surface area contributed by atoms with Crippen molar-refractivity contribution in [3.63, 3.8) is 0 Å². The summed E-state index contributed by atoms with van der Waals surface area (Å²) in [4.78, 5) is 45.6. The van der Waals surface area contributed by atoms with Gasteiger partial charge in [-0.05, 0) is 45.8 Å². The minimum absolute atomic E-state index is 0.0647. The molecule has 1 amide bonds. The Morgan fingerprint density at radius 1 is 0.940 bits per heavy atom. The van der Waals surface area contributed by atoms with E-state index >= 15 is 0 Å². The molecular weight excluding hydrogens is 681 g/mol. The molecule has 19 heteroatoms. The molecule has 0 unspecified atom stereocenters. The Kier molecular flexibility index (Phi) is 11.0. The number of nitrogens with zero attached hydrogens (tertiary/aromatic N) is 9. The van der Waals surface area contributed by atoms with Crippen molar-refractivity contribution in [3.05, 3.63) is 55.0 Å². The van der Waals surface area contributed by atoms with E-state index in [9.17, 15) is 26.4 Å². The molecular formula is C31H35F3N10O5S. The van der Waals surface area contributed by atoms with Crippen LogP contribution in [0.3, 0.4) is 0 Å². The van der Waals surface area contributed by atoms with Crippen LogP contribution in [0.25, 0.3) is 22.5 Å². The molecule has 0 aromatic carbocycles. The lowest BCUT2D eigenvalue weighted by Crippen LogP contribution is -2.45. The number of sulfone groups is 1. The van der Waals surface area contributed by atoms with Crippen molar-refractivity contribution in [2.75, 3.05) is 50.8 Å². The first-order valence-corrected chi connectivity index (χ1v) is 17.3. The molecule has 266 valence electrons. The van der Waals surface area contributed by atoms with Crippen LogP contribution >= 0.6 is 0 Å². The molecule has 1 saturated carbocycles. The van der Waals surface area contributed by atoms with Crippen molar-refractivity contribution < 1.29 is 35.9 Å². The number of alkyl halides is 3. The molecule has 4 heterocycles. The van der Waals surface area contributed by atoms with Gasteiger partial charge >= 0.3 is 18.3 Å². The third-order valence-corrected chi connectivity index (χ3v) is 8.94. The smallest absolute Gasteiger partial charge is 0.419 e. The Bertz CT molecular complexity index is 1890. The number of carbonyl (C=O) groups excluding carboxylic acids is 1. The van der Waals surface area contributed by atoms with Crippen LogP contribution in [-0.4, -0.2) is 107 Å². The molecule has 0 atom stereocenters. The van der Waals surface area contributed by atoms with E-state index < -0.39 is 33.4 Å². The van der Waals surface area contributed by atoms with Crippen LogP contribution in [0.15, 0.2) is 54.3 Å². The summed E-state index contributed by atoms with van der Waals surface area (Å²) in [5.41, 5.74) is -0.667. The number of halogens is 3. The average molecular weight is 717 g/mol. The van der Waals surface area contributed by atoms with Crippen LogP contribution < -0.4 is 15.0 Å². The van der Waals surface area contributed by atoms with Crippen LogP contribution in [0, 0.1) is 0 Å². The summed E-state index contributed by atoms with van der Waals surface area (Å²) in [6.07, 6.45) is 6.45. The van der Waals surface area contributed by atoms with Gasteiger partial charge in [-0.25, -0.2) is 38.1 Å². The number of methoxy groups -OCH3 is 1. The van der Waals surface area contributed by atoms with Crippen LogP contribution in [0.4, 0.5) is 29.7 Å². The van der Waals surface area contributed by atoms with E-state index in [1.165, 1.54) is 24.4 Å². The largest absolute Gasteiger partial charge is 0.467 e. The molecule has 0 radical (unpaired) electrons. The zero-order valence-corrected chi connectivity index (χ0v) is 28.4. The third-order valence-electron chi connectivity index (χ3n) is 7.86. The number of amides is 1. The molecule has 1 N–H and O–H groups in total. The van der Waals surface area contributed by atoms with E-state index in [2.05, 4.69) is 40.2 Å². The van der Waals surface area contributed by atoms with Gasteiger partial charge in [-0.2, -0.15) is 13.2 Å². The van der Waals surface area contributed by atoms with Crippen molar-refractivity contribution in [2.24, 2.45) is 0 Å². The molecule has 1 aliphatic rings. The summed E-state index contributed by atoms with van der Waals surface area (Å²) < 4.78 is 76.5. The molecule has 0 bridgehead atoms. The van der Waals surface area contributed by atoms with Crippen molar-refractivity contribution in [1.82, 2.24) is 39.8 Å². The van der Waals surface area contributed by atoms with E-state index in [-0.39, 0.29) is 46.9 Å². The Balaban J connectivity index is 1.33. The quantitative estimate of drug-likeness (QED) is 0.234. The highest BCUT2D eigenvalue weighted by Crippen LogP contribution is 2.37. The number of aromatic nitrogens is 7. The number of anilines is 2. The van der Waals surface area contributed by atoms with Gasteiger partial charge < -0.3 is 19.7 Å². The minimum Gasteiger partial charge on any atom is -0.467 e. The Morgan fingerprint density at radius 3 is 2.26 bits per heavy atom. The average Bonchev–Trinajstić information content (AvgIpc) is 3.08. The number of likely N-dealkylation sites (N-methyl/N-ethyl adjacent to an activating group) is 1. The third kappa shape index (κ3) is 8.94. The van der Waals surface area contributed by atoms with Crippen LogP contribution in [0.5, 0.6) is 6.01 Å². The topological polar surface area (TPSA) is 178 Å². The van der Waals surface area contributed by atoms with Crippen molar-refractivity contribution in [2.45, 2.75) is 48.8 Å². The highest BCUT2D eigenvalue weighted by Gasteiger charge is 2.37. The van der Waals surface area contributed by atoms with Crippen LogP contribution in [0.2, 0.25) is 0 Å². The zero-order chi connectivity index (χ0) is 36.1. The van der Waals surface area contributed by atoms with E-state index in [4.69, 9.17) is 9.47 Å². The molecule has 0 saturated heterocycles. The lowest BCUT2D eigenvalue weighted by Gasteiger charge is -2.35. The zero-order valence-electron chi connectivity index (χ0n) is 27.6. The van der Waals surface area contributed by atoms with E-state index in [0.29, 0.717) is 49.7 Å². The first kappa shape index (κ1) is 36.2. The molecule has 4 aromatic rings. The number of pyridine rings is 1. The maximum atomic E-state index is 13.9. The normalized spacial score (nSPS) is 16.6. The molecule has 0 spiro atoms. The number of nitrogens with one attached hydrogen (secondary N) is 1. The Labute approximate surface area is 286 Å². The monoisotopic (exact) mass is 716 g/mol. The fourth-order valence-corrected chi connectivity index (χ4v) is 5.85. The van der Waals surface area contributed by atoms with Crippen molar-refractivity contribution in [3.8, 4) is 28.5 Å². The second-order valence-corrected chi connectivity index (χ2v) is 13.8. The molecule has 4 aromatic heterocycles. The fraction of sp³-hybridized carbons (Fsp3) is 0.419. The van der Waals surface area contributed by atoms with E-state index in [1.807, 2.05) is 19.0 Å². The first-order chi connectivity index (χ1) is 23.7. The number of carbonyl (C=O) groups is 1. The van der Waals surface area contributed by atoms with Crippen molar-refractivity contribution >= 4 is 27.7 Å². The van der Waals surface area contributed by atoms with Gasteiger partial charge in [-0.15, -0.1) is 0 Å². The molecule has 50 heavy (non-hydrogen) atoms. The minimum atomic E-state index is -4.80. The first-order valence-electron chi connectivity index (χ1n) is 15.4. The lowest BCUT2D eigenvalue weighted by molar-refractivity contribution is -0.137. The van der Waals surface area contributed by atoms with Gasteiger partial charge in [0.05, 0.1) is 35.8 Å². The van der Waals surface area contributed by atoms with E-state index in [0.717, 1.165) is 24.7 Å². The highest BCUT2D eigenvalue weighted by atomic mass is 32.2. The second kappa shape index (κ2) is 15.2. The predicted molar refractivity (Wildman–Crippen MR) is 175 cm³/mol. The predicted octanol–water partition coefficient (Wildman–Crippen LogP) is 4.14. The summed E-state index contributed by atoms with van der Waals surface area (Å²) in [5, 5.41) is 3.11. The summed E-state index contributed by atoms with van der Waals surface area (Å²) >= 11 is 0. The SMILES string of the molecule is COc1ncc(-c2cnc(N(C(=O)OCCN(C)C)[C@H]3CC[C@H](Nc4ncc(C(F)(F)F)c(-c5cncc(S(C)(=O)=O)c5)n4)CC3)cn2)cn1. The number of hydrogen-bond acceptors (Lipinski definition) is 14. The van der Waals surface area contributed by atoms with Gasteiger partial charge in [0, 0.05) is 67.0 Å². The van der Waals surface area contributed by atoms with Crippen LogP contribution in [0.1, 0.15) is 31.2 Å². The van der Waals surface area contributed by atoms with Crippen LogP contribution in [-0.2, 0) is 20.8 Å². The summed E-state index contributed by atoms with van der Waals surface area (Å²) in [5.74, 6) is 0.222. The van der Waals surface area contributed by atoms with Crippen molar-refractivity contribution in [1.29, 1.82) is 0 Å². The second-order valence-electron chi connectivity index (χ2n) is 11.8. The number of ether oxygens (including phenoxy) is 2. The molecule has 5 rings (SSSR count). The van der Waals surface area contributed by atoms with Gasteiger partial charge in [0.1, 0.15) is 12.2 Å². The maximum Gasteiger partial charge on any atom is 0.419 e. The molecule has 1 fully saturated rings. The molecule has 15 nitrogen and oxygen atoms in total. The van der Waals surface area contributed by atoms with E-state index in [1.54, 1.807) is 12.4 Å². The maximum absolute atomic E-state index is 13.9. The summed E-state index contributed by atoms with van der Waals surface area (Å²) in [6, 6.07) is 0.739. The molecule has 1 aliphatic carbocycles. The Morgan fingerprint density at radius 2 is 1.66 bits per heavy atom. The summed E-state index contributed by atoms with van der Waals surface area (Å²) in [6.45, 7) is 0.673. The number of hydrogen-bond donors (Lipinski definition) is 1. The standard InChI is InChI=1S/C31H35F3N10O5S/c1-43(2)9-10-49-30(45)44(26-18-36-25(17-37-26)20-13-39-29(48-3)40-14-20)22-7-5-21(6-8-22)41-28-38-16-24(31(32,33)34)27(42-28)19-11-23(15-35-12-19)50(4,46)47/h11-18,21-22H,5-10H2,1-4H3,(H,38,41,42)/t21-,22-. The van der Waals surface area contributed by atoms with Gasteiger partial charge in [-0.3, -0.25) is 14.9 Å². The van der Waals surface area contributed by atoms with Gasteiger partial charge in [0.25, 0.3) is 0 Å². The number of rotatable bonds is 11. The van der Waals surface area contributed by atoms with Gasteiger partial charge in [0.15, 0.2) is 15.7 Å². The van der Waals surface area contributed by atoms with Gasteiger partial charge in [-0.1, -0.05) is 0 Å². The Hall–Kier alpha value is -5.04. The lowest BCUT2D eigenvalue weighted by atomic mass is 9.90.